The number of thiol groups is 1. The zero-order chi connectivity index (χ0) is 12.0. The molecule has 1 amide bonds. The van der Waals surface area contributed by atoms with Gasteiger partial charge < -0.3 is 0 Å². The highest BCUT2D eigenvalue weighted by Gasteiger charge is 2.31. The molecule has 1 aliphatic rings. The van der Waals surface area contributed by atoms with Crippen LogP contribution in [0.15, 0.2) is 11.4 Å². The van der Waals surface area contributed by atoms with E-state index in [2.05, 4.69) is 22.6 Å². The van der Waals surface area contributed by atoms with Crippen molar-refractivity contribution in [2.75, 3.05) is 11.4 Å². The third-order valence-corrected chi connectivity index (χ3v) is 4.03. The van der Waals surface area contributed by atoms with E-state index in [0.29, 0.717) is 18.8 Å². The van der Waals surface area contributed by atoms with Gasteiger partial charge in [-0.05, 0) is 23.0 Å². The molecule has 4 nitrogen and oxygen atoms in total. The van der Waals surface area contributed by atoms with Crippen molar-refractivity contribution >= 4 is 57.5 Å². The minimum atomic E-state index is 0.0365. The van der Waals surface area contributed by atoms with Crippen molar-refractivity contribution < 1.29 is 4.79 Å². The van der Waals surface area contributed by atoms with Crippen molar-refractivity contribution in [3.8, 4) is 0 Å². The van der Waals surface area contributed by atoms with Crippen LogP contribution in [0.1, 0.15) is 6.42 Å². The van der Waals surface area contributed by atoms with Crippen molar-refractivity contribution in [1.29, 1.82) is 0 Å². The number of hydrogen-bond donors (Lipinski definition) is 1. The Balaban J connectivity index is 2.16. The van der Waals surface area contributed by atoms with Gasteiger partial charge in [0.25, 0.3) is 0 Å². The quantitative estimate of drug-likeness (QED) is 0.646. The van der Waals surface area contributed by atoms with E-state index in [1.165, 1.54) is 11.3 Å². The lowest BCUT2D eigenvalue weighted by molar-refractivity contribution is -0.117. The van der Waals surface area contributed by atoms with Gasteiger partial charge >= 0.3 is 0 Å². The highest BCUT2D eigenvalue weighted by Crippen LogP contribution is 2.32. The molecule has 1 fully saturated rings. The largest absolute Gasteiger partial charge is 0.294 e. The SMILES string of the molecule is O=C1CC(S)CN1c1nc(Cl)nc2ccsc12. The molecule has 1 atom stereocenters. The number of hydrogen-bond acceptors (Lipinski definition) is 5. The summed E-state index contributed by atoms with van der Waals surface area (Å²) in [7, 11) is 0. The van der Waals surface area contributed by atoms with E-state index in [-0.39, 0.29) is 16.4 Å². The maximum absolute atomic E-state index is 11.8. The molecule has 0 saturated carbocycles. The zero-order valence-electron chi connectivity index (χ0n) is 8.63. The number of nitrogens with zero attached hydrogens (tertiary/aromatic N) is 3. The number of halogens is 1. The summed E-state index contributed by atoms with van der Waals surface area (Å²) in [4.78, 5) is 21.8. The monoisotopic (exact) mass is 285 g/mol. The van der Waals surface area contributed by atoms with Crippen LogP contribution in [-0.2, 0) is 4.79 Å². The predicted octanol–water partition coefficient (Wildman–Crippen LogP) is 2.38. The summed E-state index contributed by atoms with van der Waals surface area (Å²) in [6.45, 7) is 0.572. The first-order chi connectivity index (χ1) is 8.15. The van der Waals surface area contributed by atoms with E-state index in [4.69, 9.17) is 11.6 Å². The number of thiophene rings is 1. The normalized spacial score (nSPS) is 20.5. The molecule has 3 heterocycles. The van der Waals surface area contributed by atoms with Crippen molar-refractivity contribution in [2.45, 2.75) is 11.7 Å². The van der Waals surface area contributed by atoms with Crippen LogP contribution in [0.5, 0.6) is 0 Å². The van der Waals surface area contributed by atoms with Gasteiger partial charge in [-0.25, -0.2) is 4.98 Å². The predicted molar refractivity (Wildman–Crippen MR) is 72.2 cm³/mol. The van der Waals surface area contributed by atoms with Gasteiger partial charge in [0.2, 0.25) is 11.2 Å². The number of rotatable bonds is 1. The summed E-state index contributed by atoms with van der Waals surface area (Å²) < 4.78 is 0.894. The van der Waals surface area contributed by atoms with Crippen molar-refractivity contribution in [2.24, 2.45) is 0 Å². The van der Waals surface area contributed by atoms with E-state index in [9.17, 15) is 4.79 Å². The van der Waals surface area contributed by atoms with Crippen LogP contribution in [0.4, 0.5) is 5.82 Å². The Bertz CT molecular complexity index is 600. The molecule has 2 aromatic rings. The van der Waals surface area contributed by atoms with Crippen molar-refractivity contribution in [3.05, 3.63) is 16.7 Å². The van der Waals surface area contributed by atoms with E-state index >= 15 is 0 Å². The standard InChI is InChI=1S/C10H8ClN3OS2/c11-10-12-6-1-2-17-8(6)9(13-10)14-4-5(16)3-7(14)15/h1-2,5,16H,3-4H2. The van der Waals surface area contributed by atoms with Crippen molar-refractivity contribution in [3.63, 3.8) is 0 Å². The van der Waals surface area contributed by atoms with Gasteiger partial charge in [0.1, 0.15) is 0 Å². The van der Waals surface area contributed by atoms with E-state index in [0.717, 1.165) is 10.2 Å². The van der Waals surface area contributed by atoms with Crippen LogP contribution in [0.3, 0.4) is 0 Å². The fourth-order valence-electron chi connectivity index (χ4n) is 1.90. The van der Waals surface area contributed by atoms with Crippen LogP contribution in [-0.4, -0.2) is 27.7 Å². The smallest absolute Gasteiger partial charge is 0.229 e. The van der Waals surface area contributed by atoms with Crippen LogP contribution < -0.4 is 4.90 Å². The van der Waals surface area contributed by atoms with E-state index in [1.54, 1.807) is 4.90 Å². The lowest BCUT2D eigenvalue weighted by atomic mass is 10.4. The summed E-state index contributed by atoms with van der Waals surface area (Å²) in [5, 5.41) is 2.14. The maximum Gasteiger partial charge on any atom is 0.229 e. The summed E-state index contributed by atoms with van der Waals surface area (Å²) in [5.74, 6) is 0.644. The molecule has 0 radical (unpaired) electrons. The number of anilines is 1. The second-order valence-corrected chi connectivity index (χ2v) is 5.80. The molecular weight excluding hydrogens is 278 g/mol. The minimum Gasteiger partial charge on any atom is -0.294 e. The molecule has 2 aromatic heterocycles. The highest BCUT2D eigenvalue weighted by molar-refractivity contribution is 7.81. The first-order valence-electron chi connectivity index (χ1n) is 5.04. The van der Waals surface area contributed by atoms with E-state index < -0.39 is 0 Å². The lowest BCUT2D eigenvalue weighted by Gasteiger charge is -2.15. The van der Waals surface area contributed by atoms with Gasteiger partial charge in [-0.15, -0.1) is 11.3 Å². The fourth-order valence-corrected chi connectivity index (χ4v) is 3.22. The number of carbonyl (C=O) groups excluding carboxylic acids is 1. The molecule has 88 valence electrons. The Labute approximate surface area is 112 Å². The first kappa shape index (κ1) is 11.3. The van der Waals surface area contributed by atoms with Gasteiger partial charge in [-0.2, -0.15) is 17.6 Å². The molecule has 0 spiro atoms. The average molecular weight is 286 g/mol. The molecule has 7 heteroatoms. The third-order valence-electron chi connectivity index (χ3n) is 2.62. The molecule has 3 rings (SSSR count). The molecule has 0 aromatic carbocycles. The number of carbonyl (C=O) groups is 1. The summed E-state index contributed by atoms with van der Waals surface area (Å²) in [5.41, 5.74) is 0.778. The molecule has 17 heavy (non-hydrogen) atoms. The second-order valence-electron chi connectivity index (χ2n) is 3.81. The molecule has 0 bridgehead atoms. The Hall–Kier alpha value is -0.850. The molecule has 1 saturated heterocycles. The number of aromatic nitrogens is 2. The Kier molecular flexibility index (Phi) is 2.72. The molecule has 1 unspecified atom stereocenters. The second kappa shape index (κ2) is 4.12. The lowest BCUT2D eigenvalue weighted by Crippen LogP contribution is -2.25. The number of fused-ring (bicyclic) bond motifs is 1. The summed E-state index contributed by atoms with van der Waals surface area (Å²) in [6, 6.07) is 1.87. The Morgan fingerprint density at radius 1 is 1.53 bits per heavy atom. The summed E-state index contributed by atoms with van der Waals surface area (Å²) in [6.07, 6.45) is 0.442. The minimum absolute atomic E-state index is 0.0365. The van der Waals surface area contributed by atoms with Gasteiger partial charge in [0, 0.05) is 18.2 Å². The molecule has 0 N–H and O–H groups in total. The van der Waals surface area contributed by atoms with Crippen LogP contribution >= 0.6 is 35.6 Å². The third kappa shape index (κ3) is 1.90. The Morgan fingerprint density at radius 3 is 3.06 bits per heavy atom. The molecular formula is C10H8ClN3OS2. The van der Waals surface area contributed by atoms with Gasteiger partial charge in [0.05, 0.1) is 10.2 Å². The number of amides is 1. The van der Waals surface area contributed by atoms with Gasteiger partial charge in [0.15, 0.2) is 5.82 Å². The van der Waals surface area contributed by atoms with Crippen molar-refractivity contribution in [1.82, 2.24) is 9.97 Å². The topological polar surface area (TPSA) is 46.1 Å². The summed E-state index contributed by atoms with van der Waals surface area (Å²) >= 11 is 11.7. The molecule has 1 aliphatic heterocycles. The van der Waals surface area contributed by atoms with Crippen LogP contribution in [0.2, 0.25) is 5.28 Å². The molecule has 0 aliphatic carbocycles. The zero-order valence-corrected chi connectivity index (χ0v) is 11.1. The first-order valence-corrected chi connectivity index (χ1v) is 6.82. The average Bonchev–Trinajstić information content (AvgIpc) is 2.83. The van der Waals surface area contributed by atoms with Crippen LogP contribution in [0.25, 0.3) is 10.2 Å². The van der Waals surface area contributed by atoms with Crippen LogP contribution in [0, 0.1) is 0 Å². The maximum atomic E-state index is 11.8. The van der Waals surface area contributed by atoms with E-state index in [1.807, 2.05) is 11.4 Å². The highest BCUT2D eigenvalue weighted by atomic mass is 35.5. The Morgan fingerprint density at radius 2 is 2.35 bits per heavy atom. The van der Waals surface area contributed by atoms with Gasteiger partial charge in [-0.3, -0.25) is 9.69 Å². The van der Waals surface area contributed by atoms with Gasteiger partial charge in [-0.1, -0.05) is 0 Å². The fraction of sp³-hybridized carbons (Fsp3) is 0.300.